The van der Waals surface area contributed by atoms with E-state index in [0.717, 1.165) is 11.5 Å². The summed E-state index contributed by atoms with van der Waals surface area (Å²) < 4.78 is 7.31. The van der Waals surface area contributed by atoms with Crippen LogP contribution in [0, 0.1) is 0 Å². The van der Waals surface area contributed by atoms with E-state index >= 15 is 0 Å². The average Bonchev–Trinajstić information content (AvgIpc) is 3.16. The fourth-order valence-corrected chi connectivity index (χ4v) is 3.15. The number of aromatic nitrogens is 5. The van der Waals surface area contributed by atoms with Crippen molar-refractivity contribution in [1.29, 1.82) is 0 Å². The van der Waals surface area contributed by atoms with Gasteiger partial charge in [0.15, 0.2) is 23.6 Å². The summed E-state index contributed by atoms with van der Waals surface area (Å²) in [5, 5.41) is 8.35. The number of para-hydroxylation sites is 1. The van der Waals surface area contributed by atoms with E-state index in [2.05, 4.69) is 25.2 Å². The van der Waals surface area contributed by atoms with Gasteiger partial charge in [0.1, 0.15) is 12.1 Å². The molecule has 0 radical (unpaired) electrons. The van der Waals surface area contributed by atoms with Crippen LogP contribution in [0.15, 0.2) is 36.7 Å². The van der Waals surface area contributed by atoms with Crippen molar-refractivity contribution in [3.63, 3.8) is 0 Å². The molecule has 1 aromatic carbocycles. The Morgan fingerprint density at radius 2 is 1.89 bits per heavy atom. The third kappa shape index (κ3) is 3.53. The Bertz CT molecular complexity index is 920. The SMILES string of the molecule is CCn1nnc2c(N3CCN(C(=O)COc4ccccc4)CC3)ncnc21. The molecule has 0 aliphatic carbocycles. The lowest BCUT2D eigenvalue weighted by Crippen LogP contribution is -2.50. The van der Waals surface area contributed by atoms with Gasteiger partial charge in [-0.15, -0.1) is 5.10 Å². The van der Waals surface area contributed by atoms with Gasteiger partial charge in [0.2, 0.25) is 0 Å². The number of benzene rings is 1. The Hall–Kier alpha value is -3.23. The molecule has 0 bridgehead atoms. The first-order valence-corrected chi connectivity index (χ1v) is 9.01. The predicted octanol–water partition coefficient (Wildman–Crippen LogP) is 0.969. The van der Waals surface area contributed by atoms with Crippen molar-refractivity contribution >= 4 is 22.9 Å². The summed E-state index contributed by atoms with van der Waals surface area (Å²) in [6, 6.07) is 9.37. The fourth-order valence-electron chi connectivity index (χ4n) is 3.15. The van der Waals surface area contributed by atoms with Crippen LogP contribution in [-0.2, 0) is 11.3 Å². The standard InChI is InChI=1S/C18H21N7O2/c1-2-25-18-16(21-22-25)17(19-13-20-18)24-10-8-23(9-11-24)15(26)12-27-14-6-4-3-5-7-14/h3-7,13H,2,8-12H2,1H3. The Labute approximate surface area is 156 Å². The summed E-state index contributed by atoms with van der Waals surface area (Å²) >= 11 is 0. The van der Waals surface area contributed by atoms with Crippen LogP contribution in [-0.4, -0.2) is 68.6 Å². The van der Waals surface area contributed by atoms with Crippen molar-refractivity contribution in [3.05, 3.63) is 36.7 Å². The summed E-state index contributed by atoms with van der Waals surface area (Å²) in [6.45, 7) is 5.35. The van der Waals surface area contributed by atoms with E-state index in [0.29, 0.717) is 44.0 Å². The minimum atomic E-state index is -0.0109. The highest BCUT2D eigenvalue weighted by Crippen LogP contribution is 2.21. The highest BCUT2D eigenvalue weighted by Gasteiger charge is 2.24. The molecule has 9 nitrogen and oxygen atoms in total. The summed E-state index contributed by atoms with van der Waals surface area (Å²) in [5.74, 6) is 1.46. The molecule has 1 aliphatic rings. The zero-order chi connectivity index (χ0) is 18.6. The van der Waals surface area contributed by atoms with Crippen molar-refractivity contribution in [1.82, 2.24) is 29.9 Å². The van der Waals surface area contributed by atoms with Gasteiger partial charge in [0, 0.05) is 32.7 Å². The molecule has 0 N–H and O–H groups in total. The summed E-state index contributed by atoms with van der Waals surface area (Å²) in [7, 11) is 0. The number of carbonyl (C=O) groups excluding carboxylic acids is 1. The Balaban J connectivity index is 1.38. The van der Waals surface area contributed by atoms with Crippen LogP contribution in [0.5, 0.6) is 5.75 Å². The molecule has 0 spiro atoms. The zero-order valence-electron chi connectivity index (χ0n) is 15.2. The van der Waals surface area contributed by atoms with Crippen molar-refractivity contribution in [2.75, 3.05) is 37.7 Å². The number of aryl methyl sites for hydroxylation is 1. The van der Waals surface area contributed by atoms with E-state index in [-0.39, 0.29) is 12.5 Å². The third-order valence-corrected chi connectivity index (χ3v) is 4.62. The number of rotatable bonds is 5. The van der Waals surface area contributed by atoms with E-state index in [9.17, 15) is 4.79 Å². The molecule has 3 aromatic rings. The molecule has 0 unspecified atom stereocenters. The molecule has 140 valence electrons. The van der Waals surface area contributed by atoms with Gasteiger partial charge in [-0.2, -0.15) is 0 Å². The van der Waals surface area contributed by atoms with Gasteiger partial charge >= 0.3 is 0 Å². The first-order valence-electron chi connectivity index (χ1n) is 9.01. The highest BCUT2D eigenvalue weighted by atomic mass is 16.5. The number of ether oxygens (including phenoxy) is 1. The zero-order valence-corrected chi connectivity index (χ0v) is 15.2. The van der Waals surface area contributed by atoms with Gasteiger partial charge in [-0.3, -0.25) is 4.79 Å². The van der Waals surface area contributed by atoms with Gasteiger partial charge in [-0.25, -0.2) is 14.6 Å². The Kier molecular flexibility index (Phi) is 4.82. The van der Waals surface area contributed by atoms with E-state index in [4.69, 9.17) is 4.74 Å². The Morgan fingerprint density at radius 3 is 2.63 bits per heavy atom. The smallest absolute Gasteiger partial charge is 0.260 e. The molecular formula is C18H21N7O2. The maximum absolute atomic E-state index is 12.4. The lowest BCUT2D eigenvalue weighted by molar-refractivity contribution is -0.133. The molecule has 1 aliphatic heterocycles. The third-order valence-electron chi connectivity index (χ3n) is 4.62. The quantitative estimate of drug-likeness (QED) is 0.664. The first-order chi connectivity index (χ1) is 13.3. The molecule has 2 aromatic heterocycles. The molecule has 27 heavy (non-hydrogen) atoms. The number of carbonyl (C=O) groups is 1. The second kappa shape index (κ2) is 7.56. The molecule has 1 fully saturated rings. The molecule has 1 saturated heterocycles. The maximum atomic E-state index is 12.4. The van der Waals surface area contributed by atoms with Crippen LogP contribution in [0.2, 0.25) is 0 Å². The predicted molar refractivity (Wildman–Crippen MR) is 99.5 cm³/mol. The second-order valence-corrected chi connectivity index (χ2v) is 6.24. The fraction of sp³-hybridized carbons (Fsp3) is 0.389. The summed E-state index contributed by atoms with van der Waals surface area (Å²) in [4.78, 5) is 25.0. The average molecular weight is 367 g/mol. The second-order valence-electron chi connectivity index (χ2n) is 6.24. The van der Waals surface area contributed by atoms with Crippen molar-refractivity contribution in [2.45, 2.75) is 13.5 Å². The van der Waals surface area contributed by atoms with Crippen LogP contribution in [0.3, 0.4) is 0 Å². The minimum absolute atomic E-state index is 0.0109. The molecule has 0 saturated carbocycles. The van der Waals surface area contributed by atoms with Gasteiger partial charge in [-0.05, 0) is 19.1 Å². The topological polar surface area (TPSA) is 89.3 Å². The number of fused-ring (bicyclic) bond motifs is 1. The Morgan fingerprint density at radius 1 is 1.11 bits per heavy atom. The molecule has 4 rings (SSSR count). The number of hydrogen-bond acceptors (Lipinski definition) is 7. The van der Waals surface area contributed by atoms with Crippen LogP contribution in [0.4, 0.5) is 5.82 Å². The molecular weight excluding hydrogens is 346 g/mol. The minimum Gasteiger partial charge on any atom is -0.484 e. The molecule has 0 atom stereocenters. The number of anilines is 1. The van der Waals surface area contributed by atoms with Crippen molar-refractivity contribution < 1.29 is 9.53 Å². The lowest BCUT2D eigenvalue weighted by Gasteiger charge is -2.35. The van der Waals surface area contributed by atoms with Gasteiger partial charge < -0.3 is 14.5 Å². The lowest BCUT2D eigenvalue weighted by atomic mass is 10.3. The molecule has 1 amide bonds. The van der Waals surface area contributed by atoms with Crippen molar-refractivity contribution in [3.8, 4) is 5.75 Å². The van der Waals surface area contributed by atoms with Crippen LogP contribution in [0.25, 0.3) is 11.2 Å². The van der Waals surface area contributed by atoms with E-state index in [1.807, 2.05) is 42.2 Å². The van der Waals surface area contributed by atoms with Gasteiger partial charge in [0.25, 0.3) is 5.91 Å². The normalized spacial score (nSPS) is 14.6. The summed E-state index contributed by atoms with van der Waals surface area (Å²) in [6.07, 6.45) is 1.54. The molecule has 3 heterocycles. The van der Waals surface area contributed by atoms with Crippen LogP contribution < -0.4 is 9.64 Å². The van der Waals surface area contributed by atoms with Gasteiger partial charge in [-0.1, -0.05) is 23.4 Å². The van der Waals surface area contributed by atoms with E-state index in [1.165, 1.54) is 0 Å². The van der Waals surface area contributed by atoms with Crippen LogP contribution in [0.1, 0.15) is 6.92 Å². The van der Waals surface area contributed by atoms with E-state index in [1.54, 1.807) is 11.0 Å². The van der Waals surface area contributed by atoms with Gasteiger partial charge in [0.05, 0.1) is 0 Å². The number of hydrogen-bond donors (Lipinski definition) is 0. The maximum Gasteiger partial charge on any atom is 0.260 e. The van der Waals surface area contributed by atoms with E-state index < -0.39 is 0 Å². The van der Waals surface area contributed by atoms with Crippen molar-refractivity contribution in [2.24, 2.45) is 0 Å². The number of nitrogens with zero attached hydrogens (tertiary/aromatic N) is 7. The number of piperazine rings is 1. The largest absolute Gasteiger partial charge is 0.484 e. The summed E-state index contributed by atoms with van der Waals surface area (Å²) in [5.41, 5.74) is 1.43. The number of amides is 1. The highest BCUT2D eigenvalue weighted by molar-refractivity contribution is 5.83. The van der Waals surface area contributed by atoms with Crippen LogP contribution >= 0.6 is 0 Å². The monoisotopic (exact) mass is 367 g/mol. The molecule has 9 heteroatoms. The first kappa shape index (κ1) is 17.2.